The predicted molar refractivity (Wildman–Crippen MR) is 72.9 cm³/mol. The minimum Gasteiger partial charge on any atom is -0.454 e. The monoisotopic (exact) mass is 303 g/mol. The van der Waals surface area contributed by atoms with Crippen molar-refractivity contribution in [3.05, 3.63) is 64.7 Å². The molecule has 0 saturated carbocycles. The molecule has 18 heavy (non-hydrogen) atoms. The first kappa shape index (κ1) is 12.7. The molecular weight excluding hydrogens is 295 g/mol. The standard InChI is InChI=1S/C15H9BrFO/c1-2-3-11-4-9-14(17)15(10-11)18-13-7-5-12(16)6-8-13/h1,3-10H. The summed E-state index contributed by atoms with van der Waals surface area (Å²) in [5, 5.41) is 0. The normalized spacial score (nSPS) is 9.83. The number of halogens is 2. The second kappa shape index (κ2) is 5.70. The van der Waals surface area contributed by atoms with Crippen LogP contribution in [0.25, 0.3) is 0 Å². The maximum Gasteiger partial charge on any atom is 0.165 e. The van der Waals surface area contributed by atoms with Crippen LogP contribution in [0.1, 0.15) is 5.56 Å². The third-order valence-corrected chi connectivity index (χ3v) is 2.78. The summed E-state index contributed by atoms with van der Waals surface area (Å²) >= 11 is 3.32. The maximum atomic E-state index is 13.6. The largest absolute Gasteiger partial charge is 0.454 e. The fraction of sp³-hybridized carbons (Fsp3) is 0. The number of benzene rings is 2. The van der Waals surface area contributed by atoms with Crippen LogP contribution in [0.5, 0.6) is 11.5 Å². The summed E-state index contributed by atoms with van der Waals surface area (Å²) in [5.74, 6) is 2.69. The van der Waals surface area contributed by atoms with Crippen LogP contribution in [-0.4, -0.2) is 0 Å². The molecule has 0 aliphatic rings. The molecule has 3 heteroatoms. The molecule has 2 rings (SSSR count). The molecule has 1 radical (unpaired) electrons. The summed E-state index contributed by atoms with van der Waals surface area (Å²) in [7, 11) is 0. The minimum atomic E-state index is -0.424. The lowest BCUT2D eigenvalue weighted by Crippen LogP contribution is -1.90. The molecule has 0 atom stereocenters. The lowest BCUT2D eigenvalue weighted by Gasteiger charge is -2.08. The molecule has 1 nitrogen and oxygen atoms in total. The molecule has 0 aliphatic carbocycles. The molecule has 2 aromatic carbocycles. The second-order valence-electron chi connectivity index (χ2n) is 3.56. The van der Waals surface area contributed by atoms with Crippen molar-refractivity contribution in [2.24, 2.45) is 0 Å². The molecule has 0 aliphatic heterocycles. The van der Waals surface area contributed by atoms with Gasteiger partial charge in [-0.3, -0.25) is 0 Å². The summed E-state index contributed by atoms with van der Waals surface area (Å²) in [6.07, 6.45) is 6.72. The van der Waals surface area contributed by atoms with E-state index in [9.17, 15) is 4.39 Å². The van der Waals surface area contributed by atoms with E-state index in [0.29, 0.717) is 5.75 Å². The molecule has 0 amide bonds. The molecular formula is C15H9BrFO. The molecule has 0 unspecified atom stereocenters. The van der Waals surface area contributed by atoms with E-state index in [1.807, 2.05) is 12.1 Å². The molecule has 0 fully saturated rings. The number of rotatable bonds is 3. The van der Waals surface area contributed by atoms with Gasteiger partial charge in [-0.25, -0.2) is 4.39 Å². The molecule has 0 saturated heterocycles. The third-order valence-electron chi connectivity index (χ3n) is 2.25. The van der Waals surface area contributed by atoms with Gasteiger partial charge in [0.05, 0.1) is 6.42 Å². The highest BCUT2D eigenvalue weighted by atomic mass is 79.9. The highest BCUT2D eigenvalue weighted by Gasteiger charge is 2.06. The zero-order valence-corrected chi connectivity index (χ0v) is 10.9. The van der Waals surface area contributed by atoms with E-state index >= 15 is 0 Å². The molecule has 89 valence electrons. The van der Waals surface area contributed by atoms with Crippen molar-refractivity contribution in [1.29, 1.82) is 0 Å². The zero-order valence-electron chi connectivity index (χ0n) is 9.36. The Morgan fingerprint density at radius 3 is 2.56 bits per heavy atom. The zero-order chi connectivity index (χ0) is 13.0. The van der Waals surface area contributed by atoms with Crippen LogP contribution < -0.4 is 4.74 Å². The minimum absolute atomic E-state index is 0.154. The predicted octanol–water partition coefficient (Wildman–Crippen LogP) is 4.57. The van der Waals surface area contributed by atoms with E-state index < -0.39 is 5.82 Å². The van der Waals surface area contributed by atoms with Crippen molar-refractivity contribution in [2.45, 2.75) is 0 Å². The van der Waals surface area contributed by atoms with Crippen LogP contribution in [0.3, 0.4) is 0 Å². The second-order valence-corrected chi connectivity index (χ2v) is 4.47. The van der Waals surface area contributed by atoms with E-state index in [4.69, 9.17) is 11.2 Å². The lowest BCUT2D eigenvalue weighted by atomic mass is 10.1. The SMILES string of the molecule is C#C[CH]c1ccc(F)c(Oc2ccc(Br)cc2)c1. The van der Waals surface area contributed by atoms with Gasteiger partial charge in [-0.1, -0.05) is 27.9 Å². The van der Waals surface area contributed by atoms with Gasteiger partial charge in [0, 0.05) is 4.47 Å². The molecule has 2 aromatic rings. The van der Waals surface area contributed by atoms with E-state index in [2.05, 4.69) is 21.9 Å². The Morgan fingerprint density at radius 2 is 1.89 bits per heavy atom. The van der Waals surface area contributed by atoms with Crippen LogP contribution in [-0.2, 0) is 0 Å². The van der Waals surface area contributed by atoms with Crippen LogP contribution in [0, 0.1) is 24.6 Å². The van der Waals surface area contributed by atoms with Crippen LogP contribution in [0.4, 0.5) is 4.39 Å². The van der Waals surface area contributed by atoms with Gasteiger partial charge in [0.25, 0.3) is 0 Å². The van der Waals surface area contributed by atoms with Gasteiger partial charge < -0.3 is 4.74 Å². The van der Waals surface area contributed by atoms with Gasteiger partial charge in [0.2, 0.25) is 0 Å². The van der Waals surface area contributed by atoms with Crippen molar-refractivity contribution in [2.75, 3.05) is 0 Å². The molecule has 0 aromatic heterocycles. The van der Waals surface area contributed by atoms with E-state index in [-0.39, 0.29) is 5.75 Å². The van der Waals surface area contributed by atoms with E-state index in [1.54, 1.807) is 30.7 Å². The Balaban J connectivity index is 2.25. The van der Waals surface area contributed by atoms with Crippen molar-refractivity contribution in [3.8, 4) is 23.8 Å². The number of ether oxygens (including phenoxy) is 1. The molecule has 0 heterocycles. The summed E-state index contributed by atoms with van der Waals surface area (Å²) in [5.41, 5.74) is 0.728. The number of hydrogen-bond donors (Lipinski definition) is 0. The number of terminal acetylenes is 1. The van der Waals surface area contributed by atoms with Gasteiger partial charge in [0.1, 0.15) is 5.75 Å². The van der Waals surface area contributed by atoms with Crippen LogP contribution in [0.15, 0.2) is 46.9 Å². The summed E-state index contributed by atoms with van der Waals surface area (Å²) in [6.45, 7) is 0. The Hall–Kier alpha value is -1.79. The van der Waals surface area contributed by atoms with Crippen molar-refractivity contribution in [1.82, 2.24) is 0 Å². The Morgan fingerprint density at radius 1 is 1.17 bits per heavy atom. The van der Waals surface area contributed by atoms with Crippen molar-refractivity contribution >= 4 is 15.9 Å². The lowest BCUT2D eigenvalue weighted by molar-refractivity contribution is 0.442. The van der Waals surface area contributed by atoms with Crippen molar-refractivity contribution in [3.63, 3.8) is 0 Å². The van der Waals surface area contributed by atoms with Gasteiger partial charge in [-0.2, -0.15) is 0 Å². The first-order chi connectivity index (χ1) is 8.69. The van der Waals surface area contributed by atoms with Gasteiger partial charge >= 0.3 is 0 Å². The summed E-state index contributed by atoms with van der Waals surface area (Å²) < 4.78 is 20.0. The van der Waals surface area contributed by atoms with Crippen LogP contribution >= 0.6 is 15.9 Å². The Labute approximate surface area is 114 Å². The quantitative estimate of drug-likeness (QED) is 0.755. The average Bonchev–Trinajstić information content (AvgIpc) is 2.36. The Kier molecular flexibility index (Phi) is 4.01. The van der Waals surface area contributed by atoms with Crippen molar-refractivity contribution < 1.29 is 9.13 Å². The first-order valence-electron chi connectivity index (χ1n) is 5.21. The fourth-order valence-electron chi connectivity index (χ4n) is 1.41. The smallest absolute Gasteiger partial charge is 0.165 e. The molecule has 0 N–H and O–H groups in total. The van der Waals surface area contributed by atoms with E-state index in [1.165, 1.54) is 6.07 Å². The molecule has 0 bridgehead atoms. The van der Waals surface area contributed by atoms with Gasteiger partial charge in [-0.15, -0.1) is 6.42 Å². The van der Waals surface area contributed by atoms with Gasteiger partial charge in [0.15, 0.2) is 11.6 Å². The van der Waals surface area contributed by atoms with E-state index in [0.717, 1.165) is 10.0 Å². The highest BCUT2D eigenvalue weighted by molar-refractivity contribution is 9.10. The highest BCUT2D eigenvalue weighted by Crippen LogP contribution is 2.27. The Bertz CT molecular complexity index is 584. The summed E-state index contributed by atoms with van der Waals surface area (Å²) in [4.78, 5) is 0. The topological polar surface area (TPSA) is 9.23 Å². The van der Waals surface area contributed by atoms with Crippen LogP contribution in [0.2, 0.25) is 0 Å². The maximum absolute atomic E-state index is 13.6. The molecule has 0 spiro atoms. The first-order valence-corrected chi connectivity index (χ1v) is 6.00. The fourth-order valence-corrected chi connectivity index (χ4v) is 1.68. The number of hydrogen-bond acceptors (Lipinski definition) is 1. The third kappa shape index (κ3) is 3.12. The van der Waals surface area contributed by atoms with Gasteiger partial charge in [-0.05, 0) is 42.0 Å². The summed E-state index contributed by atoms with van der Waals surface area (Å²) in [6, 6.07) is 11.6. The average molecular weight is 304 g/mol.